The second-order valence-corrected chi connectivity index (χ2v) is 6.91. The molecule has 0 aliphatic carbocycles. The molecular formula is C21H21F3N2O5. The first kappa shape index (κ1) is 22.4. The number of carbonyl (C=O) groups excluding carboxylic acids is 2. The zero-order chi connectivity index (χ0) is 22.6. The highest BCUT2D eigenvalue weighted by molar-refractivity contribution is 5.99. The first-order valence-electron chi connectivity index (χ1n) is 9.50. The number of carbonyl (C=O) groups is 2. The summed E-state index contributed by atoms with van der Waals surface area (Å²) in [5.41, 5.74) is -0.407. The maximum atomic E-state index is 13.2. The number of hydrogen-bond acceptors (Lipinski definition) is 6. The lowest BCUT2D eigenvalue weighted by atomic mass is 10.1. The van der Waals surface area contributed by atoms with Crippen molar-refractivity contribution in [2.24, 2.45) is 0 Å². The maximum absolute atomic E-state index is 13.2. The van der Waals surface area contributed by atoms with E-state index in [4.69, 9.17) is 9.47 Å². The van der Waals surface area contributed by atoms with E-state index in [0.29, 0.717) is 32.0 Å². The normalized spacial score (nSPS) is 15.3. The van der Waals surface area contributed by atoms with E-state index in [1.54, 1.807) is 0 Å². The topological polar surface area (TPSA) is 88.1 Å². The van der Waals surface area contributed by atoms with Gasteiger partial charge in [0, 0.05) is 13.1 Å². The Bertz CT molecular complexity index is 941. The van der Waals surface area contributed by atoms with Gasteiger partial charge in [0.25, 0.3) is 5.91 Å². The van der Waals surface area contributed by atoms with Crippen LogP contribution in [0, 0.1) is 0 Å². The fourth-order valence-electron chi connectivity index (χ4n) is 3.01. The predicted octanol–water partition coefficient (Wildman–Crippen LogP) is 3.43. The van der Waals surface area contributed by atoms with Gasteiger partial charge >= 0.3 is 12.1 Å². The summed E-state index contributed by atoms with van der Waals surface area (Å²) in [4.78, 5) is 26.6. The minimum absolute atomic E-state index is 0.0331. The number of morpholine rings is 1. The highest BCUT2D eigenvalue weighted by Gasteiger charge is 2.32. The predicted molar refractivity (Wildman–Crippen MR) is 106 cm³/mol. The van der Waals surface area contributed by atoms with Crippen LogP contribution in [-0.4, -0.2) is 49.4 Å². The Morgan fingerprint density at radius 1 is 1.13 bits per heavy atom. The summed E-state index contributed by atoms with van der Waals surface area (Å²) in [6.45, 7) is 3.05. The molecule has 1 heterocycles. The van der Waals surface area contributed by atoms with Crippen LogP contribution in [0.15, 0.2) is 42.5 Å². The summed E-state index contributed by atoms with van der Waals surface area (Å²) >= 11 is 0. The van der Waals surface area contributed by atoms with Crippen LogP contribution in [0.2, 0.25) is 0 Å². The Hall–Kier alpha value is -3.27. The average Bonchev–Trinajstić information content (AvgIpc) is 2.74. The molecule has 10 heteroatoms. The fraction of sp³-hybridized carbons (Fsp3) is 0.333. The van der Waals surface area contributed by atoms with Gasteiger partial charge in [0.15, 0.2) is 6.10 Å². The summed E-state index contributed by atoms with van der Waals surface area (Å²) in [6.07, 6.45) is -5.85. The molecule has 166 valence electrons. The first-order valence-corrected chi connectivity index (χ1v) is 9.50. The van der Waals surface area contributed by atoms with Crippen LogP contribution in [0.3, 0.4) is 0 Å². The zero-order valence-corrected chi connectivity index (χ0v) is 16.6. The molecule has 2 N–H and O–H groups in total. The molecule has 0 bridgehead atoms. The van der Waals surface area contributed by atoms with Crippen molar-refractivity contribution in [3.63, 3.8) is 0 Å². The van der Waals surface area contributed by atoms with Crippen molar-refractivity contribution in [1.29, 1.82) is 0 Å². The van der Waals surface area contributed by atoms with Gasteiger partial charge in [-0.25, -0.2) is 4.79 Å². The van der Waals surface area contributed by atoms with Gasteiger partial charge in [0.05, 0.1) is 35.7 Å². The van der Waals surface area contributed by atoms with Crippen LogP contribution in [0.5, 0.6) is 5.75 Å². The standard InChI is InChI=1S/C21H21F3N2O5/c1-13(31-20(29)14-2-5-16(27)6-3-14)19(28)25-17-12-15(21(22,23)24)4-7-18(17)26-8-10-30-11-9-26/h2-7,12-13,27H,8-11H2,1H3,(H,25,28). The van der Waals surface area contributed by atoms with Gasteiger partial charge < -0.3 is 24.8 Å². The summed E-state index contributed by atoms with van der Waals surface area (Å²) in [5.74, 6) is -1.62. The van der Waals surface area contributed by atoms with Gasteiger partial charge in [0.2, 0.25) is 0 Å². The van der Waals surface area contributed by atoms with Crippen LogP contribution in [0.4, 0.5) is 24.5 Å². The average molecular weight is 438 g/mol. The molecule has 1 aliphatic rings. The molecule has 1 atom stereocenters. The molecular weight excluding hydrogens is 417 g/mol. The third-order valence-electron chi connectivity index (χ3n) is 4.69. The van der Waals surface area contributed by atoms with E-state index in [2.05, 4.69) is 5.32 Å². The number of aromatic hydroxyl groups is 1. The second kappa shape index (κ2) is 9.25. The van der Waals surface area contributed by atoms with Crippen molar-refractivity contribution in [2.45, 2.75) is 19.2 Å². The fourth-order valence-corrected chi connectivity index (χ4v) is 3.01. The van der Waals surface area contributed by atoms with Gasteiger partial charge in [-0.1, -0.05) is 0 Å². The van der Waals surface area contributed by atoms with Crippen LogP contribution >= 0.6 is 0 Å². The lowest BCUT2D eigenvalue weighted by molar-refractivity contribution is -0.137. The van der Waals surface area contributed by atoms with Crippen molar-refractivity contribution in [3.8, 4) is 5.75 Å². The summed E-state index contributed by atoms with van der Waals surface area (Å²) in [6, 6.07) is 8.34. The molecule has 31 heavy (non-hydrogen) atoms. The van der Waals surface area contributed by atoms with Crippen molar-refractivity contribution in [3.05, 3.63) is 53.6 Å². The molecule has 7 nitrogen and oxygen atoms in total. The largest absolute Gasteiger partial charge is 0.508 e. The van der Waals surface area contributed by atoms with E-state index < -0.39 is 29.7 Å². The van der Waals surface area contributed by atoms with Crippen molar-refractivity contribution < 1.29 is 37.3 Å². The number of anilines is 2. The highest BCUT2D eigenvalue weighted by Crippen LogP contribution is 2.36. The monoisotopic (exact) mass is 438 g/mol. The van der Waals surface area contributed by atoms with Crippen molar-refractivity contribution >= 4 is 23.3 Å². The quantitative estimate of drug-likeness (QED) is 0.696. The molecule has 0 saturated carbocycles. The molecule has 0 radical (unpaired) electrons. The number of halogens is 3. The van der Waals surface area contributed by atoms with Crippen molar-refractivity contribution in [1.82, 2.24) is 0 Å². The van der Waals surface area contributed by atoms with Crippen LogP contribution in [0.1, 0.15) is 22.8 Å². The Labute approximate surface area is 176 Å². The molecule has 1 unspecified atom stereocenters. The summed E-state index contributed by atoms with van der Waals surface area (Å²) in [7, 11) is 0. The van der Waals surface area contributed by atoms with E-state index >= 15 is 0 Å². The molecule has 1 fully saturated rings. The van der Waals surface area contributed by atoms with E-state index in [-0.39, 0.29) is 17.0 Å². The molecule has 0 aromatic heterocycles. The number of phenols is 1. The lowest BCUT2D eigenvalue weighted by Gasteiger charge is -2.31. The van der Waals surface area contributed by atoms with E-state index in [0.717, 1.165) is 12.1 Å². The van der Waals surface area contributed by atoms with E-state index in [9.17, 15) is 27.9 Å². The Kier molecular flexibility index (Phi) is 6.69. The Balaban J connectivity index is 1.77. The number of hydrogen-bond donors (Lipinski definition) is 2. The van der Waals surface area contributed by atoms with E-state index in [1.807, 2.05) is 4.90 Å². The number of ether oxygens (including phenoxy) is 2. The second-order valence-electron chi connectivity index (χ2n) is 6.91. The smallest absolute Gasteiger partial charge is 0.416 e. The number of amides is 1. The minimum atomic E-state index is -4.58. The van der Waals surface area contributed by atoms with Crippen LogP contribution in [-0.2, 0) is 20.4 Å². The van der Waals surface area contributed by atoms with Gasteiger partial charge in [-0.05, 0) is 49.4 Å². The number of nitrogens with one attached hydrogen (secondary N) is 1. The summed E-state index contributed by atoms with van der Waals surface area (Å²) in [5, 5.41) is 11.7. The first-order chi connectivity index (χ1) is 14.6. The highest BCUT2D eigenvalue weighted by atomic mass is 19.4. The Morgan fingerprint density at radius 2 is 1.77 bits per heavy atom. The van der Waals surface area contributed by atoms with Gasteiger partial charge in [-0.3, -0.25) is 4.79 Å². The summed E-state index contributed by atoms with van der Waals surface area (Å²) < 4.78 is 50.0. The van der Waals surface area contributed by atoms with Crippen molar-refractivity contribution in [2.75, 3.05) is 36.5 Å². The minimum Gasteiger partial charge on any atom is -0.508 e. The number of rotatable bonds is 5. The number of phenolic OH excluding ortho intramolecular Hbond substituents is 1. The number of nitrogens with zero attached hydrogens (tertiary/aromatic N) is 1. The SMILES string of the molecule is CC(OC(=O)c1ccc(O)cc1)C(=O)Nc1cc(C(F)(F)F)ccc1N1CCOCC1. The zero-order valence-electron chi connectivity index (χ0n) is 16.6. The van der Waals surface area contributed by atoms with Gasteiger partial charge in [-0.2, -0.15) is 13.2 Å². The van der Waals surface area contributed by atoms with Gasteiger partial charge in [-0.15, -0.1) is 0 Å². The molecule has 2 aromatic rings. The molecule has 3 rings (SSSR count). The van der Waals surface area contributed by atoms with Crippen LogP contribution < -0.4 is 10.2 Å². The molecule has 1 saturated heterocycles. The Morgan fingerprint density at radius 3 is 2.39 bits per heavy atom. The number of alkyl halides is 3. The maximum Gasteiger partial charge on any atom is 0.416 e. The number of benzene rings is 2. The van der Waals surface area contributed by atoms with Gasteiger partial charge in [0.1, 0.15) is 5.75 Å². The third-order valence-corrected chi connectivity index (χ3v) is 4.69. The number of esters is 1. The molecule has 2 aromatic carbocycles. The third kappa shape index (κ3) is 5.66. The molecule has 0 spiro atoms. The molecule has 1 aliphatic heterocycles. The van der Waals surface area contributed by atoms with E-state index in [1.165, 1.54) is 37.3 Å². The molecule has 1 amide bonds. The van der Waals surface area contributed by atoms with Crippen LogP contribution in [0.25, 0.3) is 0 Å². The lowest BCUT2D eigenvalue weighted by Crippen LogP contribution is -2.37.